The van der Waals surface area contributed by atoms with Crippen molar-refractivity contribution < 1.29 is 12.8 Å². The largest absolute Gasteiger partial charge is 0.310 e. The highest BCUT2D eigenvalue weighted by atomic mass is 32.2. The zero-order valence-electron chi connectivity index (χ0n) is 15.7. The summed E-state index contributed by atoms with van der Waals surface area (Å²) in [5, 5.41) is 0. The van der Waals surface area contributed by atoms with Crippen LogP contribution in [0.4, 0.5) is 4.39 Å². The van der Waals surface area contributed by atoms with E-state index < -0.39 is 15.8 Å². The molecule has 1 aliphatic heterocycles. The molecule has 0 bridgehead atoms. The predicted octanol–water partition coefficient (Wildman–Crippen LogP) is 2.46. The molecule has 4 rings (SSSR count). The molecule has 1 saturated heterocycles. The van der Waals surface area contributed by atoms with Crippen LogP contribution in [0.3, 0.4) is 0 Å². The van der Waals surface area contributed by atoms with Gasteiger partial charge in [0.05, 0.1) is 10.6 Å². The van der Waals surface area contributed by atoms with Crippen LogP contribution in [0.5, 0.6) is 0 Å². The van der Waals surface area contributed by atoms with E-state index in [1.165, 1.54) is 22.5 Å². The third kappa shape index (κ3) is 3.83. The van der Waals surface area contributed by atoms with Gasteiger partial charge in [0.2, 0.25) is 10.0 Å². The first-order valence-corrected chi connectivity index (χ1v) is 10.6. The van der Waals surface area contributed by atoms with Gasteiger partial charge in [-0.05, 0) is 49.2 Å². The highest BCUT2D eigenvalue weighted by Crippen LogP contribution is 2.31. The zero-order chi connectivity index (χ0) is 20.6. The molecule has 1 atom stereocenters. The van der Waals surface area contributed by atoms with Gasteiger partial charge in [-0.2, -0.15) is 4.31 Å². The summed E-state index contributed by atoms with van der Waals surface area (Å²) in [6.45, 7) is 2.07. The van der Waals surface area contributed by atoms with Gasteiger partial charge in [0.25, 0.3) is 5.56 Å². The van der Waals surface area contributed by atoms with Gasteiger partial charge in [0, 0.05) is 43.0 Å². The number of aromatic nitrogens is 3. The van der Waals surface area contributed by atoms with E-state index in [0.717, 1.165) is 11.6 Å². The first-order chi connectivity index (χ1) is 13.8. The number of hydrogen-bond donors (Lipinski definition) is 1. The minimum atomic E-state index is -3.76. The number of aromatic amines is 1. The van der Waals surface area contributed by atoms with Crippen LogP contribution in [-0.4, -0.2) is 40.8 Å². The summed E-state index contributed by atoms with van der Waals surface area (Å²) in [5.74, 6) is -0.256. The highest BCUT2D eigenvalue weighted by Gasteiger charge is 2.35. The first-order valence-electron chi connectivity index (χ1n) is 9.12. The van der Waals surface area contributed by atoms with Crippen LogP contribution in [0.2, 0.25) is 0 Å². The van der Waals surface area contributed by atoms with E-state index in [0.29, 0.717) is 30.0 Å². The average molecular weight is 414 g/mol. The Balaban J connectivity index is 1.62. The molecule has 0 saturated carbocycles. The minimum Gasteiger partial charge on any atom is -0.310 e. The molecule has 0 spiro atoms. The topological polar surface area (TPSA) is 96.0 Å². The van der Waals surface area contributed by atoms with Crippen molar-refractivity contribution in [2.24, 2.45) is 0 Å². The SMILES string of the molecule is Cc1cc(F)ccc1S(=O)(=O)N1CC[C@H](c2nc(-c3ccncc3)cc(=O)[nH]2)C1. The summed E-state index contributed by atoms with van der Waals surface area (Å²) < 4.78 is 40.7. The Morgan fingerprint density at radius 1 is 1.17 bits per heavy atom. The van der Waals surface area contributed by atoms with Gasteiger partial charge in [-0.3, -0.25) is 9.78 Å². The van der Waals surface area contributed by atoms with E-state index in [2.05, 4.69) is 15.0 Å². The fraction of sp³-hybridized carbons (Fsp3) is 0.250. The third-order valence-electron chi connectivity index (χ3n) is 5.03. The van der Waals surface area contributed by atoms with Crippen molar-refractivity contribution in [3.05, 3.63) is 76.4 Å². The molecule has 0 radical (unpaired) electrons. The first kappa shape index (κ1) is 19.4. The van der Waals surface area contributed by atoms with Gasteiger partial charge in [-0.1, -0.05) is 0 Å². The van der Waals surface area contributed by atoms with Crippen molar-refractivity contribution >= 4 is 10.0 Å². The van der Waals surface area contributed by atoms with Crippen molar-refractivity contribution in [1.29, 1.82) is 0 Å². The van der Waals surface area contributed by atoms with E-state index in [-0.39, 0.29) is 22.9 Å². The normalized spacial score (nSPS) is 17.5. The van der Waals surface area contributed by atoms with Gasteiger partial charge in [-0.15, -0.1) is 0 Å². The lowest BCUT2D eigenvalue weighted by atomic mass is 10.1. The summed E-state index contributed by atoms with van der Waals surface area (Å²) in [6.07, 6.45) is 3.77. The number of H-pyrrole nitrogens is 1. The molecule has 9 heteroatoms. The molecule has 0 amide bonds. The number of pyridine rings is 1. The molecule has 1 N–H and O–H groups in total. The molecule has 150 valence electrons. The fourth-order valence-electron chi connectivity index (χ4n) is 3.55. The summed E-state index contributed by atoms with van der Waals surface area (Å²) in [5.41, 5.74) is 1.34. The Morgan fingerprint density at radius 3 is 2.66 bits per heavy atom. The van der Waals surface area contributed by atoms with Crippen molar-refractivity contribution in [2.75, 3.05) is 13.1 Å². The standard InChI is InChI=1S/C20H19FN4O3S/c1-13-10-16(21)2-3-18(13)29(27,28)25-9-6-15(12-25)20-23-17(11-19(26)24-20)14-4-7-22-8-5-14/h2-5,7-8,10-11,15H,6,9,12H2,1H3,(H,23,24,26)/t15-/m0/s1. The van der Waals surface area contributed by atoms with Gasteiger partial charge in [-0.25, -0.2) is 17.8 Å². The lowest BCUT2D eigenvalue weighted by molar-refractivity contribution is 0.470. The number of benzene rings is 1. The smallest absolute Gasteiger partial charge is 0.251 e. The number of sulfonamides is 1. The molecule has 1 aromatic carbocycles. The van der Waals surface area contributed by atoms with Crippen molar-refractivity contribution in [3.63, 3.8) is 0 Å². The van der Waals surface area contributed by atoms with Crippen LogP contribution >= 0.6 is 0 Å². The molecular weight excluding hydrogens is 395 g/mol. The molecule has 3 heterocycles. The van der Waals surface area contributed by atoms with Gasteiger partial charge in [0.15, 0.2) is 0 Å². The maximum absolute atomic E-state index is 13.4. The maximum Gasteiger partial charge on any atom is 0.251 e. The summed E-state index contributed by atoms with van der Waals surface area (Å²) >= 11 is 0. The monoisotopic (exact) mass is 414 g/mol. The van der Waals surface area contributed by atoms with Crippen LogP contribution < -0.4 is 5.56 Å². The Hall–Kier alpha value is -2.91. The Morgan fingerprint density at radius 2 is 1.93 bits per heavy atom. The molecule has 0 unspecified atom stereocenters. The van der Waals surface area contributed by atoms with Crippen LogP contribution in [0, 0.1) is 12.7 Å². The van der Waals surface area contributed by atoms with Crippen LogP contribution in [0.15, 0.2) is 58.5 Å². The zero-order valence-corrected chi connectivity index (χ0v) is 16.5. The molecule has 3 aromatic rings. The Kier molecular flexibility index (Phi) is 5.01. The van der Waals surface area contributed by atoms with E-state index in [1.54, 1.807) is 31.5 Å². The maximum atomic E-state index is 13.4. The molecule has 1 fully saturated rings. The quantitative estimate of drug-likeness (QED) is 0.708. The molecule has 2 aromatic heterocycles. The number of halogens is 1. The van der Waals surface area contributed by atoms with Crippen molar-refractivity contribution in [1.82, 2.24) is 19.3 Å². The molecule has 7 nitrogen and oxygen atoms in total. The minimum absolute atomic E-state index is 0.0894. The molecule has 29 heavy (non-hydrogen) atoms. The van der Waals surface area contributed by atoms with Crippen molar-refractivity contribution in [3.8, 4) is 11.3 Å². The number of rotatable bonds is 4. The second-order valence-electron chi connectivity index (χ2n) is 7.01. The lowest BCUT2D eigenvalue weighted by Crippen LogP contribution is -2.29. The second-order valence-corrected chi connectivity index (χ2v) is 8.92. The Labute approximate surface area is 167 Å². The number of nitrogens with one attached hydrogen (secondary N) is 1. The number of nitrogens with zero attached hydrogens (tertiary/aromatic N) is 3. The fourth-order valence-corrected chi connectivity index (χ4v) is 5.26. The van der Waals surface area contributed by atoms with Crippen LogP contribution in [0.25, 0.3) is 11.3 Å². The lowest BCUT2D eigenvalue weighted by Gasteiger charge is -2.18. The second kappa shape index (κ2) is 7.49. The van der Waals surface area contributed by atoms with E-state index in [9.17, 15) is 17.6 Å². The van der Waals surface area contributed by atoms with Crippen LogP contribution in [0.1, 0.15) is 23.7 Å². The average Bonchev–Trinajstić information content (AvgIpc) is 3.19. The van der Waals surface area contributed by atoms with Crippen LogP contribution in [-0.2, 0) is 10.0 Å². The molecule has 0 aliphatic carbocycles. The molecule has 1 aliphatic rings. The van der Waals surface area contributed by atoms with E-state index in [4.69, 9.17) is 0 Å². The number of hydrogen-bond acceptors (Lipinski definition) is 5. The van der Waals surface area contributed by atoms with Gasteiger partial charge in [0.1, 0.15) is 11.6 Å². The third-order valence-corrected chi connectivity index (χ3v) is 7.05. The summed E-state index contributed by atoms with van der Waals surface area (Å²) in [7, 11) is -3.76. The Bertz CT molecular complexity index is 1210. The summed E-state index contributed by atoms with van der Waals surface area (Å²) in [6, 6.07) is 8.56. The predicted molar refractivity (Wildman–Crippen MR) is 105 cm³/mol. The van der Waals surface area contributed by atoms with Crippen molar-refractivity contribution in [2.45, 2.75) is 24.2 Å². The van der Waals surface area contributed by atoms with Gasteiger partial charge >= 0.3 is 0 Å². The van der Waals surface area contributed by atoms with E-state index in [1.807, 2.05) is 0 Å². The highest BCUT2D eigenvalue weighted by molar-refractivity contribution is 7.89. The molecular formula is C20H19FN4O3S. The number of aryl methyl sites for hydroxylation is 1. The van der Waals surface area contributed by atoms with E-state index >= 15 is 0 Å². The summed E-state index contributed by atoms with van der Waals surface area (Å²) in [4.78, 5) is 23.5. The van der Waals surface area contributed by atoms with Gasteiger partial charge < -0.3 is 4.98 Å².